The molecule has 3 N–H and O–H groups in total. The van der Waals surface area contributed by atoms with Crippen molar-refractivity contribution >= 4 is 32.5 Å². The Bertz CT molecular complexity index is 1630. The largest absolute Gasteiger partial charge is 0.354 e. The van der Waals surface area contributed by atoms with Gasteiger partial charge in [-0.05, 0) is 125 Å². The molecule has 44 heavy (non-hydrogen) atoms. The molecule has 0 unspecified atom stereocenters. The number of unbranched alkanes of at least 4 members (excludes halogenated alkanes) is 1. The van der Waals surface area contributed by atoms with E-state index in [0.717, 1.165) is 93.1 Å². The Labute approximate surface area is 263 Å². The zero-order valence-electron chi connectivity index (χ0n) is 26.9. The van der Waals surface area contributed by atoms with Gasteiger partial charge in [0.05, 0.1) is 6.26 Å². The summed E-state index contributed by atoms with van der Waals surface area (Å²) in [5, 5.41) is 4.75. The maximum Gasteiger partial charge on any atom is 0.253 e. The molecular formula is C36H48N4O3S. The molecule has 0 fully saturated rings. The van der Waals surface area contributed by atoms with E-state index < -0.39 is 10.0 Å². The second kappa shape index (κ2) is 15.4. The van der Waals surface area contributed by atoms with E-state index in [-0.39, 0.29) is 5.91 Å². The van der Waals surface area contributed by atoms with Gasteiger partial charge < -0.3 is 15.2 Å². The maximum absolute atomic E-state index is 13.5. The predicted octanol–water partition coefficient (Wildman–Crippen LogP) is 7.24. The first-order chi connectivity index (χ1) is 21.1. The van der Waals surface area contributed by atoms with Crippen LogP contribution in [0.3, 0.4) is 0 Å². The fourth-order valence-corrected chi connectivity index (χ4v) is 6.48. The highest BCUT2D eigenvalue weighted by atomic mass is 32.2. The second-order valence-corrected chi connectivity index (χ2v) is 13.7. The molecule has 0 saturated carbocycles. The van der Waals surface area contributed by atoms with Crippen molar-refractivity contribution in [3.63, 3.8) is 0 Å². The molecule has 1 amide bonds. The zero-order chi connectivity index (χ0) is 31.7. The van der Waals surface area contributed by atoms with Crippen LogP contribution in [0.2, 0.25) is 0 Å². The number of hydrogen-bond donors (Lipinski definition) is 3. The molecule has 0 aliphatic heterocycles. The van der Waals surface area contributed by atoms with Crippen molar-refractivity contribution in [2.45, 2.75) is 66.2 Å². The van der Waals surface area contributed by atoms with Crippen molar-refractivity contribution in [2.24, 2.45) is 0 Å². The highest BCUT2D eigenvalue weighted by Crippen LogP contribution is 2.33. The molecule has 0 spiro atoms. The number of hydrogen-bond acceptors (Lipinski definition) is 4. The summed E-state index contributed by atoms with van der Waals surface area (Å²) in [4.78, 5) is 19.1. The number of fused-ring (bicyclic) bond motifs is 1. The third-order valence-corrected chi connectivity index (χ3v) is 8.42. The lowest BCUT2D eigenvalue weighted by Crippen LogP contribution is -2.32. The average Bonchev–Trinajstić information content (AvgIpc) is 3.33. The topological polar surface area (TPSA) is 94.3 Å². The Morgan fingerprint density at radius 2 is 1.52 bits per heavy atom. The van der Waals surface area contributed by atoms with Crippen LogP contribution in [0.25, 0.3) is 22.2 Å². The molecule has 0 bridgehead atoms. The molecule has 8 heteroatoms. The van der Waals surface area contributed by atoms with Gasteiger partial charge >= 0.3 is 0 Å². The van der Waals surface area contributed by atoms with Crippen LogP contribution in [0.15, 0.2) is 60.7 Å². The molecule has 0 radical (unpaired) electrons. The molecule has 4 rings (SSSR count). The van der Waals surface area contributed by atoms with E-state index in [1.807, 2.05) is 35.2 Å². The Morgan fingerprint density at radius 1 is 0.841 bits per heavy atom. The van der Waals surface area contributed by atoms with Crippen LogP contribution in [0.5, 0.6) is 0 Å². The molecule has 4 aromatic rings. The summed E-state index contributed by atoms with van der Waals surface area (Å²) in [5.41, 5.74) is 9.61. The summed E-state index contributed by atoms with van der Waals surface area (Å²) in [6, 6.07) is 20.4. The predicted molar refractivity (Wildman–Crippen MR) is 184 cm³/mol. The van der Waals surface area contributed by atoms with Crippen LogP contribution in [0.1, 0.15) is 72.1 Å². The van der Waals surface area contributed by atoms with Gasteiger partial charge in [0.15, 0.2) is 0 Å². The van der Waals surface area contributed by atoms with Gasteiger partial charge in [-0.2, -0.15) is 0 Å². The van der Waals surface area contributed by atoms with Gasteiger partial charge in [-0.1, -0.05) is 43.2 Å². The van der Waals surface area contributed by atoms with Gasteiger partial charge in [0, 0.05) is 40.9 Å². The number of benzene rings is 3. The van der Waals surface area contributed by atoms with E-state index in [0.29, 0.717) is 5.69 Å². The summed E-state index contributed by atoms with van der Waals surface area (Å²) < 4.78 is 25.3. The zero-order valence-corrected chi connectivity index (χ0v) is 27.7. The number of aromatic amines is 1. The minimum absolute atomic E-state index is 0.107. The van der Waals surface area contributed by atoms with Crippen LogP contribution in [0.4, 0.5) is 5.69 Å². The first kappa shape index (κ1) is 33.3. The summed E-state index contributed by atoms with van der Waals surface area (Å²) in [6.45, 7) is 11.8. The van der Waals surface area contributed by atoms with Gasteiger partial charge in [-0.3, -0.25) is 9.52 Å². The molecule has 0 saturated heterocycles. The van der Waals surface area contributed by atoms with E-state index in [1.165, 1.54) is 27.8 Å². The lowest BCUT2D eigenvalue weighted by Gasteiger charge is -2.21. The monoisotopic (exact) mass is 616 g/mol. The number of H-pyrrole nitrogens is 1. The molecule has 1 aromatic heterocycles. The molecule has 1 heterocycles. The Morgan fingerprint density at radius 3 is 2.16 bits per heavy atom. The van der Waals surface area contributed by atoms with Crippen LogP contribution in [-0.2, 0) is 22.9 Å². The average molecular weight is 617 g/mol. The highest BCUT2D eigenvalue weighted by Gasteiger charge is 2.19. The first-order valence-electron chi connectivity index (χ1n) is 15.9. The van der Waals surface area contributed by atoms with Crippen molar-refractivity contribution in [3.05, 3.63) is 88.5 Å². The number of carbonyl (C=O) groups is 1. The molecule has 7 nitrogen and oxygen atoms in total. The molecular weight excluding hydrogens is 568 g/mol. The van der Waals surface area contributed by atoms with Gasteiger partial charge in [-0.15, -0.1) is 0 Å². The van der Waals surface area contributed by atoms with Crippen molar-refractivity contribution in [3.8, 4) is 11.3 Å². The number of amides is 1. The number of aromatic nitrogens is 1. The van der Waals surface area contributed by atoms with Crippen LogP contribution in [0, 0.1) is 13.8 Å². The van der Waals surface area contributed by atoms with Crippen LogP contribution >= 0.6 is 0 Å². The number of rotatable bonds is 16. The molecule has 236 valence electrons. The normalized spacial score (nSPS) is 11.7. The highest BCUT2D eigenvalue weighted by molar-refractivity contribution is 7.92. The number of nitrogens with zero attached hydrogens (tertiary/aromatic N) is 1. The third kappa shape index (κ3) is 9.19. The smallest absolute Gasteiger partial charge is 0.253 e. The molecule has 0 aliphatic rings. The fraction of sp³-hybridized carbons (Fsp3) is 0.417. The van der Waals surface area contributed by atoms with Crippen LogP contribution < -0.4 is 10.0 Å². The first-order valence-corrected chi connectivity index (χ1v) is 17.8. The van der Waals surface area contributed by atoms with Gasteiger partial charge in [0.25, 0.3) is 5.91 Å². The number of nitrogens with one attached hydrogen (secondary N) is 3. The number of sulfonamides is 1. The SMILES string of the molecule is CCCN(CCC)C(=O)c1ccc2[nH]c(-c3cc(C)cc(C)c3)c(CCNCCCCc3ccc(NS(C)(=O)=O)cc3)c2c1. The fourth-order valence-electron chi connectivity index (χ4n) is 5.91. The minimum Gasteiger partial charge on any atom is -0.354 e. The van der Waals surface area contributed by atoms with Crippen LogP contribution in [-0.4, -0.2) is 56.6 Å². The van der Waals surface area contributed by atoms with E-state index in [4.69, 9.17) is 0 Å². The van der Waals surface area contributed by atoms with Crippen molar-refractivity contribution in [1.29, 1.82) is 0 Å². The molecule has 0 atom stereocenters. The lowest BCUT2D eigenvalue weighted by molar-refractivity contribution is 0.0755. The van der Waals surface area contributed by atoms with Gasteiger partial charge in [0.1, 0.15) is 0 Å². The molecule has 0 aliphatic carbocycles. The Kier molecular flexibility index (Phi) is 11.6. The van der Waals surface area contributed by atoms with Gasteiger partial charge in [-0.25, -0.2) is 8.42 Å². The van der Waals surface area contributed by atoms with Gasteiger partial charge in [0.2, 0.25) is 10.0 Å². The number of carbonyl (C=O) groups excluding carboxylic acids is 1. The quantitative estimate of drug-likeness (QED) is 0.116. The Hall–Kier alpha value is -3.62. The maximum atomic E-state index is 13.5. The van der Waals surface area contributed by atoms with E-state index >= 15 is 0 Å². The minimum atomic E-state index is -3.26. The summed E-state index contributed by atoms with van der Waals surface area (Å²) in [7, 11) is -3.26. The summed E-state index contributed by atoms with van der Waals surface area (Å²) >= 11 is 0. The third-order valence-electron chi connectivity index (χ3n) is 7.82. The van der Waals surface area contributed by atoms with Crippen molar-refractivity contribution in [1.82, 2.24) is 15.2 Å². The Balaban J connectivity index is 1.44. The number of aryl methyl sites for hydroxylation is 3. The molecule has 3 aromatic carbocycles. The second-order valence-electron chi connectivity index (χ2n) is 11.9. The van der Waals surface area contributed by atoms with Crippen molar-refractivity contribution in [2.75, 3.05) is 37.2 Å². The standard InChI is InChI=1S/C36H48N4O3S/c1-6-20-40(21-7-2)36(41)29-13-16-34-33(25-29)32(35(38-34)30-23-26(3)22-27(4)24-30)17-19-37-18-9-8-10-28-11-14-31(15-12-28)39-44(5,42)43/h11-16,22-25,37-39H,6-10,17-21H2,1-5H3. The summed E-state index contributed by atoms with van der Waals surface area (Å²) in [6.07, 6.45) is 6.94. The number of anilines is 1. The lowest BCUT2D eigenvalue weighted by atomic mass is 9.98. The summed E-state index contributed by atoms with van der Waals surface area (Å²) in [5.74, 6) is 0.107. The van der Waals surface area contributed by atoms with E-state index in [2.05, 4.69) is 73.0 Å². The van der Waals surface area contributed by atoms with E-state index in [1.54, 1.807) is 0 Å². The van der Waals surface area contributed by atoms with Crippen molar-refractivity contribution < 1.29 is 13.2 Å². The van der Waals surface area contributed by atoms with E-state index in [9.17, 15) is 13.2 Å².